The molecule has 0 bridgehead atoms. The van der Waals surface area contributed by atoms with E-state index in [1.165, 1.54) is 26.0 Å². The van der Waals surface area contributed by atoms with E-state index < -0.39 is 118 Å². The van der Waals surface area contributed by atoms with Crippen LogP contribution in [0, 0.1) is 16.7 Å². The number of esters is 5. The van der Waals surface area contributed by atoms with Crippen LogP contribution in [-0.2, 0) is 52.4 Å². The molecule has 444 valence electrons. The van der Waals surface area contributed by atoms with Crippen molar-refractivity contribution in [3.05, 3.63) is 192 Å². The van der Waals surface area contributed by atoms with Gasteiger partial charge in [-0.15, -0.1) is 0 Å². The highest BCUT2D eigenvalue weighted by atomic mass is 16.6. The minimum absolute atomic E-state index is 0.0207. The fourth-order valence-corrected chi connectivity index (χ4v) is 13.1. The van der Waals surface area contributed by atoms with Gasteiger partial charge in [-0.2, -0.15) is 0 Å². The molecule has 16 nitrogen and oxygen atoms in total. The van der Waals surface area contributed by atoms with E-state index in [1.54, 1.807) is 85.8 Å². The minimum Gasteiger partial charge on any atom is -0.455 e. The van der Waals surface area contributed by atoms with Crippen LogP contribution in [0.2, 0.25) is 0 Å². The SMILES string of the molecule is CC/C=C\C/C=C\C/C=C\C/C=C\C/C=C\C/C=C\CCC(=O)O[C@@H](C(=O)OC12C[C@@]3(O)[C@@H](OC(=O)c4ccccc4)[C@@H]4[C@]5(OC(C)=O)CO[C@@H]5C[C@H](O)[C@@]4(C)C(=O)[C@H](OC(C)=O)C(=C1C)C23C)C(NC(=O)c1ccccc1)c1ccccc1. The summed E-state index contributed by atoms with van der Waals surface area (Å²) in [6, 6.07) is 23.2. The lowest BCUT2D eigenvalue weighted by molar-refractivity contribution is -0.376. The molecule has 12 atom stereocenters. The van der Waals surface area contributed by atoms with E-state index in [-0.39, 0.29) is 48.1 Å². The third-order valence-electron chi connectivity index (χ3n) is 17.4. The topological polar surface area (TPSA) is 227 Å². The van der Waals surface area contributed by atoms with Crippen LogP contribution in [0.4, 0.5) is 0 Å². The number of ketones is 1. The van der Waals surface area contributed by atoms with Crippen LogP contribution in [-0.4, -0.2) is 106 Å². The number of benzene rings is 3. The van der Waals surface area contributed by atoms with Gasteiger partial charge in [-0.25, -0.2) is 9.59 Å². The molecular weight excluding hydrogens is 1070 g/mol. The van der Waals surface area contributed by atoms with Crippen molar-refractivity contribution >= 4 is 41.5 Å². The molecule has 1 saturated heterocycles. The zero-order valence-corrected chi connectivity index (χ0v) is 48.6. The average Bonchev–Trinajstić information content (AvgIpc) is 0.625. The van der Waals surface area contributed by atoms with Crippen molar-refractivity contribution in [2.24, 2.45) is 16.7 Å². The van der Waals surface area contributed by atoms with Gasteiger partial charge in [-0.1, -0.05) is 147 Å². The molecule has 8 rings (SSSR count). The normalized spacial score (nSPS) is 29.4. The zero-order chi connectivity index (χ0) is 60.3. The predicted octanol–water partition coefficient (Wildman–Crippen LogP) is 10.1. The largest absolute Gasteiger partial charge is 0.455 e. The van der Waals surface area contributed by atoms with E-state index in [9.17, 15) is 34.2 Å². The lowest BCUT2D eigenvalue weighted by Gasteiger charge is -2.78. The van der Waals surface area contributed by atoms with E-state index in [0.29, 0.717) is 12.0 Å². The summed E-state index contributed by atoms with van der Waals surface area (Å²) in [6.45, 7) is 8.49. The Balaban J connectivity index is 1.10. The second-order valence-corrected chi connectivity index (χ2v) is 22.5. The molecule has 5 aliphatic rings. The van der Waals surface area contributed by atoms with Crippen LogP contribution in [0.3, 0.4) is 0 Å². The highest BCUT2D eigenvalue weighted by Gasteiger charge is 2.90. The predicted molar refractivity (Wildman–Crippen MR) is 312 cm³/mol. The molecule has 3 unspecified atom stereocenters. The summed E-state index contributed by atoms with van der Waals surface area (Å²) in [6.07, 6.45) is 21.2. The summed E-state index contributed by atoms with van der Waals surface area (Å²) in [5.74, 6) is -7.62. The highest BCUT2D eigenvalue weighted by Crippen LogP contribution is 2.78. The molecule has 3 saturated carbocycles. The molecule has 84 heavy (non-hydrogen) atoms. The van der Waals surface area contributed by atoms with Crippen LogP contribution in [0.15, 0.2) is 175 Å². The number of carbonyl (C=O) groups is 7. The van der Waals surface area contributed by atoms with Crippen molar-refractivity contribution in [1.82, 2.24) is 5.32 Å². The Labute approximate surface area is 491 Å². The molecule has 0 radical (unpaired) electrons. The molecule has 0 spiro atoms. The smallest absolute Gasteiger partial charge is 0.350 e. The number of allylic oxidation sites excluding steroid dienone is 12. The summed E-state index contributed by atoms with van der Waals surface area (Å²) < 4.78 is 37.3. The van der Waals surface area contributed by atoms with Gasteiger partial charge in [0.2, 0.25) is 6.10 Å². The standard InChI is InChI=1S/C68H77NO15/c1-7-8-9-10-11-12-13-14-15-16-17-18-19-20-21-22-23-24-34-41-53(73)81-57(55(48-35-28-25-29-36-48)69-61(75)49-37-30-26-31-38-49)63(77)84-68-43-67(78)60(82-62(76)50-39-32-27-33-40-50)58-64(5,51(72)42-52-66(58,44-79-52)83-47(4)71)59(74)56(80-46(3)70)54(45(68)2)65(67,68)6/h8-9,11-12,14-15,17-18,20-21,23-33,35-40,51-52,55-58,60,72,78H,7,10,13,16,19,22,34,41-44H2,1-6H3,(H,69,75)/b9-8-,12-11-,15-14-,18-17-,21-20-,24-23-/t51-,52+,55?,56+,57+,58-,60-,64+,65?,66-,67+,68?/m0/s1. The number of amides is 1. The van der Waals surface area contributed by atoms with E-state index in [4.69, 9.17) is 28.4 Å². The fraction of sp³-hybridized carbons (Fsp3) is 0.426. The van der Waals surface area contributed by atoms with Crippen molar-refractivity contribution < 1.29 is 72.2 Å². The van der Waals surface area contributed by atoms with Gasteiger partial charge in [0.05, 0.1) is 35.0 Å². The first kappa shape index (κ1) is 62.3. The summed E-state index contributed by atoms with van der Waals surface area (Å²) in [4.78, 5) is 100. The van der Waals surface area contributed by atoms with Gasteiger partial charge >= 0.3 is 29.8 Å². The van der Waals surface area contributed by atoms with Gasteiger partial charge in [-0.05, 0) is 107 Å². The number of aliphatic hydroxyl groups is 2. The van der Waals surface area contributed by atoms with Gasteiger partial charge < -0.3 is 44.0 Å². The molecule has 16 heteroatoms. The second-order valence-electron chi connectivity index (χ2n) is 22.5. The van der Waals surface area contributed by atoms with Crippen LogP contribution in [0.1, 0.15) is 138 Å². The minimum atomic E-state index is -2.37. The second kappa shape index (κ2) is 26.8. The first-order valence-electron chi connectivity index (χ1n) is 28.9. The van der Waals surface area contributed by atoms with E-state index >= 15 is 9.59 Å². The maximum Gasteiger partial charge on any atom is 0.350 e. The molecule has 1 amide bonds. The van der Waals surface area contributed by atoms with Crippen LogP contribution >= 0.6 is 0 Å². The molecule has 1 aliphatic heterocycles. The highest BCUT2D eigenvalue weighted by molar-refractivity contribution is 5.98. The maximum atomic E-state index is 15.7. The van der Waals surface area contributed by atoms with E-state index in [0.717, 1.165) is 46.0 Å². The Morgan fingerprint density at radius 3 is 1.77 bits per heavy atom. The molecular formula is C68H77NO15. The van der Waals surface area contributed by atoms with Crippen molar-refractivity contribution in [2.45, 2.75) is 159 Å². The summed E-state index contributed by atoms with van der Waals surface area (Å²) in [5, 5.41) is 28.9. The third kappa shape index (κ3) is 12.1. The van der Waals surface area contributed by atoms with Gasteiger partial charge in [0, 0.05) is 38.7 Å². The van der Waals surface area contributed by atoms with Gasteiger partial charge in [0.1, 0.15) is 29.5 Å². The van der Waals surface area contributed by atoms with Crippen molar-refractivity contribution in [2.75, 3.05) is 6.61 Å². The van der Waals surface area contributed by atoms with Crippen molar-refractivity contribution in [1.29, 1.82) is 0 Å². The van der Waals surface area contributed by atoms with Crippen molar-refractivity contribution in [3.8, 4) is 0 Å². The Hall–Kier alpha value is -7.79. The van der Waals surface area contributed by atoms with Crippen LogP contribution < -0.4 is 5.32 Å². The number of carbonyl (C=O) groups excluding carboxylic acids is 7. The average molecular weight is 1150 g/mol. The number of rotatable bonds is 25. The van der Waals surface area contributed by atoms with Gasteiger partial charge in [-0.3, -0.25) is 24.0 Å². The fourth-order valence-electron chi connectivity index (χ4n) is 13.1. The molecule has 4 aliphatic carbocycles. The quantitative estimate of drug-likeness (QED) is 0.0407. The lowest BCUT2D eigenvalue weighted by Crippen LogP contribution is -2.90. The zero-order valence-electron chi connectivity index (χ0n) is 48.6. The Bertz CT molecular complexity index is 3130. The monoisotopic (exact) mass is 1150 g/mol. The number of ether oxygens (including phenoxy) is 6. The lowest BCUT2D eigenvalue weighted by atomic mass is 9.30. The molecule has 3 aromatic carbocycles. The van der Waals surface area contributed by atoms with Crippen LogP contribution in [0.5, 0.6) is 0 Å². The first-order valence-corrected chi connectivity index (χ1v) is 28.9. The molecule has 3 N–H and O–H groups in total. The van der Waals surface area contributed by atoms with E-state index in [2.05, 4.69) is 66.9 Å². The number of fused-ring (bicyclic) bond motifs is 3. The summed E-state index contributed by atoms with van der Waals surface area (Å²) in [7, 11) is 0. The maximum absolute atomic E-state index is 15.7. The molecule has 4 fully saturated rings. The number of hydrogen-bond acceptors (Lipinski definition) is 15. The third-order valence-corrected chi connectivity index (χ3v) is 17.4. The van der Waals surface area contributed by atoms with Gasteiger partial charge in [0.25, 0.3) is 5.91 Å². The van der Waals surface area contributed by atoms with Crippen LogP contribution in [0.25, 0.3) is 0 Å². The number of hydrogen-bond donors (Lipinski definition) is 3. The van der Waals surface area contributed by atoms with Crippen molar-refractivity contribution in [3.63, 3.8) is 0 Å². The number of nitrogens with one attached hydrogen (secondary N) is 1. The molecule has 1 heterocycles. The molecule has 0 aromatic heterocycles. The number of Topliss-reactive ketones (excluding diaryl/α,β-unsaturated/α-hetero) is 1. The molecule has 3 aromatic rings. The Kier molecular flexibility index (Phi) is 19.9. The van der Waals surface area contributed by atoms with E-state index in [1.807, 2.05) is 18.2 Å². The Morgan fingerprint density at radius 2 is 1.25 bits per heavy atom. The summed E-state index contributed by atoms with van der Waals surface area (Å²) >= 11 is 0. The number of aliphatic hydroxyl groups excluding tert-OH is 1. The van der Waals surface area contributed by atoms with Gasteiger partial charge in [0.15, 0.2) is 17.5 Å². The first-order chi connectivity index (χ1) is 40.3. The summed E-state index contributed by atoms with van der Waals surface area (Å²) in [5.41, 5.74) is -9.23. The Morgan fingerprint density at radius 1 is 0.714 bits per heavy atom.